The number of hydrogen-bond donors (Lipinski definition) is 0. The predicted molar refractivity (Wildman–Crippen MR) is 101 cm³/mol. The van der Waals surface area contributed by atoms with E-state index in [1.165, 1.54) is 122 Å². The average Bonchev–Trinajstić information content (AvgIpc) is 2.55. The van der Waals surface area contributed by atoms with Crippen LogP contribution in [0.5, 0.6) is 0 Å². The first-order chi connectivity index (χ1) is 11.4. The molecule has 23 heavy (non-hydrogen) atoms. The minimum atomic E-state index is -0.271. The van der Waals surface area contributed by atoms with Crippen molar-refractivity contribution in [2.24, 2.45) is 0 Å². The van der Waals surface area contributed by atoms with Gasteiger partial charge < -0.3 is 0 Å². The minimum absolute atomic E-state index is 0.271. The SMILES string of the molecule is [O]C1CCCCCCCCCCCCCCCCCCCCC1. The van der Waals surface area contributed by atoms with Gasteiger partial charge in [-0.25, -0.2) is 5.11 Å². The highest BCUT2D eigenvalue weighted by Crippen LogP contribution is 2.17. The third-order valence-electron chi connectivity index (χ3n) is 5.55. The molecule has 1 fully saturated rings. The quantitative estimate of drug-likeness (QED) is 0.430. The third-order valence-corrected chi connectivity index (χ3v) is 5.55. The largest absolute Gasteiger partial charge is 0.233 e. The Hall–Kier alpha value is -0.0400. The fourth-order valence-corrected chi connectivity index (χ4v) is 3.89. The van der Waals surface area contributed by atoms with Crippen LogP contribution in [0.4, 0.5) is 0 Å². The highest BCUT2D eigenvalue weighted by Gasteiger charge is 2.05. The Kier molecular flexibility index (Phi) is 15.3. The van der Waals surface area contributed by atoms with Gasteiger partial charge in [0.15, 0.2) is 0 Å². The van der Waals surface area contributed by atoms with E-state index in [1.807, 2.05) is 0 Å². The van der Waals surface area contributed by atoms with Gasteiger partial charge in [-0.3, -0.25) is 0 Å². The van der Waals surface area contributed by atoms with Gasteiger partial charge in [-0.1, -0.05) is 122 Å². The van der Waals surface area contributed by atoms with Crippen LogP contribution in [0, 0.1) is 0 Å². The van der Waals surface area contributed by atoms with Gasteiger partial charge in [0, 0.05) is 0 Å². The van der Waals surface area contributed by atoms with Crippen LogP contribution in [0.1, 0.15) is 135 Å². The van der Waals surface area contributed by atoms with E-state index in [4.69, 9.17) is 0 Å². The Morgan fingerprint density at radius 1 is 0.304 bits per heavy atom. The summed E-state index contributed by atoms with van der Waals surface area (Å²) in [5.41, 5.74) is 0. The molecule has 1 saturated carbocycles. The zero-order chi connectivity index (χ0) is 16.4. The lowest BCUT2D eigenvalue weighted by Crippen LogP contribution is -2.04. The maximum absolute atomic E-state index is 11.9. The van der Waals surface area contributed by atoms with Gasteiger partial charge in [0.05, 0.1) is 6.10 Å². The van der Waals surface area contributed by atoms with Crippen LogP contribution >= 0.6 is 0 Å². The molecule has 1 nitrogen and oxygen atoms in total. The second-order valence-corrected chi connectivity index (χ2v) is 7.92. The monoisotopic (exact) mass is 323 g/mol. The van der Waals surface area contributed by atoms with E-state index >= 15 is 0 Å². The van der Waals surface area contributed by atoms with Crippen LogP contribution in [0.15, 0.2) is 0 Å². The van der Waals surface area contributed by atoms with Gasteiger partial charge in [-0.15, -0.1) is 0 Å². The van der Waals surface area contributed by atoms with Crippen molar-refractivity contribution in [2.45, 2.75) is 141 Å². The predicted octanol–water partition coefficient (Wildman–Crippen LogP) is 7.99. The first-order valence-corrected chi connectivity index (χ1v) is 11.1. The summed E-state index contributed by atoms with van der Waals surface area (Å²) >= 11 is 0. The Balaban J connectivity index is 2.07. The summed E-state index contributed by atoms with van der Waals surface area (Å²) < 4.78 is 0. The van der Waals surface area contributed by atoms with E-state index < -0.39 is 0 Å². The van der Waals surface area contributed by atoms with Crippen molar-refractivity contribution in [3.05, 3.63) is 0 Å². The van der Waals surface area contributed by atoms with Crippen molar-refractivity contribution in [3.63, 3.8) is 0 Å². The molecule has 0 atom stereocenters. The van der Waals surface area contributed by atoms with Crippen molar-refractivity contribution in [1.82, 2.24) is 0 Å². The normalized spacial score (nSPS) is 24.4. The van der Waals surface area contributed by atoms with E-state index in [0.717, 1.165) is 12.8 Å². The molecule has 0 unspecified atom stereocenters. The zero-order valence-corrected chi connectivity index (χ0v) is 15.8. The molecule has 1 rings (SSSR count). The van der Waals surface area contributed by atoms with E-state index in [-0.39, 0.29) is 6.10 Å². The molecule has 137 valence electrons. The second kappa shape index (κ2) is 16.8. The highest BCUT2D eigenvalue weighted by molar-refractivity contribution is 4.58. The van der Waals surface area contributed by atoms with Crippen molar-refractivity contribution < 1.29 is 5.11 Å². The topological polar surface area (TPSA) is 19.9 Å². The van der Waals surface area contributed by atoms with Crippen molar-refractivity contribution >= 4 is 0 Å². The summed E-state index contributed by atoms with van der Waals surface area (Å²) in [6.45, 7) is 0. The van der Waals surface area contributed by atoms with E-state index in [1.54, 1.807) is 0 Å². The maximum Gasteiger partial charge on any atom is 0.0930 e. The molecule has 0 bridgehead atoms. The molecule has 0 N–H and O–H groups in total. The van der Waals surface area contributed by atoms with E-state index in [9.17, 15) is 5.11 Å². The van der Waals surface area contributed by atoms with Gasteiger partial charge in [0.25, 0.3) is 0 Å². The first-order valence-electron chi connectivity index (χ1n) is 11.1. The van der Waals surface area contributed by atoms with Crippen LogP contribution in [0.25, 0.3) is 0 Å². The van der Waals surface area contributed by atoms with E-state index in [0.29, 0.717) is 0 Å². The minimum Gasteiger partial charge on any atom is -0.233 e. The summed E-state index contributed by atoms with van der Waals surface area (Å²) in [6.07, 6.45) is 27.9. The smallest absolute Gasteiger partial charge is 0.0930 e. The summed E-state index contributed by atoms with van der Waals surface area (Å²) in [5.74, 6) is 0. The van der Waals surface area contributed by atoms with Gasteiger partial charge in [-0.05, 0) is 12.8 Å². The van der Waals surface area contributed by atoms with Crippen LogP contribution in [-0.2, 0) is 5.11 Å². The van der Waals surface area contributed by atoms with Crippen LogP contribution in [0.3, 0.4) is 0 Å². The maximum atomic E-state index is 11.9. The van der Waals surface area contributed by atoms with Gasteiger partial charge in [-0.2, -0.15) is 0 Å². The molecule has 0 amide bonds. The molecule has 1 aliphatic rings. The Bertz CT molecular complexity index is 204. The van der Waals surface area contributed by atoms with Crippen molar-refractivity contribution in [3.8, 4) is 0 Å². The second-order valence-electron chi connectivity index (χ2n) is 7.92. The molecule has 1 heteroatoms. The number of rotatable bonds is 0. The van der Waals surface area contributed by atoms with Gasteiger partial charge in [0.1, 0.15) is 0 Å². The summed E-state index contributed by atoms with van der Waals surface area (Å²) in [4.78, 5) is 0. The Labute approximate surface area is 146 Å². The molecule has 0 heterocycles. The van der Waals surface area contributed by atoms with Gasteiger partial charge >= 0.3 is 0 Å². The fourth-order valence-electron chi connectivity index (χ4n) is 3.89. The Morgan fingerprint density at radius 3 is 0.696 bits per heavy atom. The highest BCUT2D eigenvalue weighted by atomic mass is 16.3. The zero-order valence-electron chi connectivity index (χ0n) is 15.8. The van der Waals surface area contributed by atoms with Gasteiger partial charge in [0.2, 0.25) is 0 Å². The number of hydrogen-bond acceptors (Lipinski definition) is 0. The summed E-state index contributed by atoms with van der Waals surface area (Å²) in [7, 11) is 0. The third kappa shape index (κ3) is 15.2. The van der Waals surface area contributed by atoms with Crippen molar-refractivity contribution in [2.75, 3.05) is 0 Å². The molecule has 0 aromatic rings. The first kappa shape index (κ1) is 21.0. The summed E-state index contributed by atoms with van der Waals surface area (Å²) in [5, 5.41) is 11.9. The summed E-state index contributed by atoms with van der Waals surface area (Å²) in [6, 6.07) is 0. The lowest BCUT2D eigenvalue weighted by Gasteiger charge is -2.08. The lowest BCUT2D eigenvalue weighted by molar-refractivity contribution is 0.0688. The van der Waals surface area contributed by atoms with Crippen LogP contribution < -0.4 is 0 Å². The van der Waals surface area contributed by atoms with Crippen molar-refractivity contribution in [1.29, 1.82) is 0 Å². The molecular formula is C22H43O. The van der Waals surface area contributed by atoms with E-state index in [2.05, 4.69) is 0 Å². The molecule has 0 spiro atoms. The standard InChI is InChI=1S/C22H43O/c23-22-20-18-16-14-12-10-8-6-4-2-1-3-5-7-9-11-13-15-17-19-21-22/h22H,1-21H2. The Morgan fingerprint density at radius 2 is 0.478 bits per heavy atom. The molecule has 0 saturated heterocycles. The fraction of sp³-hybridized carbons (Fsp3) is 1.00. The average molecular weight is 324 g/mol. The lowest BCUT2D eigenvalue weighted by atomic mass is 10.0. The molecule has 0 aliphatic heterocycles. The van der Waals surface area contributed by atoms with Crippen LogP contribution in [0.2, 0.25) is 0 Å². The molecule has 1 aliphatic carbocycles. The molecule has 1 radical (unpaired) electrons. The molecular weight excluding hydrogens is 280 g/mol. The van der Waals surface area contributed by atoms with Crippen LogP contribution in [-0.4, -0.2) is 6.10 Å². The molecule has 0 aromatic heterocycles. The molecule has 0 aromatic carbocycles.